The Bertz CT molecular complexity index is 595. The van der Waals surface area contributed by atoms with Crippen molar-refractivity contribution in [3.8, 4) is 0 Å². The molecule has 0 aromatic heterocycles. The minimum atomic E-state index is -0.286. The first-order chi connectivity index (χ1) is 11.8. The van der Waals surface area contributed by atoms with Gasteiger partial charge in [-0.3, -0.25) is 9.69 Å². The largest absolute Gasteiger partial charge is 0.336 e. The van der Waals surface area contributed by atoms with Gasteiger partial charge in [0.15, 0.2) is 6.04 Å². The van der Waals surface area contributed by atoms with E-state index in [9.17, 15) is 9.59 Å². The quantitative estimate of drug-likeness (QED) is 0.794. The summed E-state index contributed by atoms with van der Waals surface area (Å²) in [6.45, 7) is 11.7. The van der Waals surface area contributed by atoms with Crippen LogP contribution in [0.4, 0.5) is 4.79 Å². The van der Waals surface area contributed by atoms with Crippen LogP contribution < -0.4 is 10.6 Å². The topological polar surface area (TPSA) is 66.0 Å². The Morgan fingerprint density at radius 2 is 1.80 bits per heavy atom. The van der Waals surface area contributed by atoms with Crippen molar-refractivity contribution in [3.63, 3.8) is 0 Å². The first-order valence-corrected chi connectivity index (χ1v) is 9.32. The summed E-state index contributed by atoms with van der Waals surface area (Å²) in [6, 6.07) is 8.38. The second-order valence-electron chi connectivity index (χ2n) is 7.81. The van der Waals surface area contributed by atoms with Gasteiger partial charge in [0.1, 0.15) is 6.04 Å². The number of nitrogens with two attached hydrogens (primary N) is 1. The molecule has 5 heteroatoms. The molecule has 0 bridgehead atoms. The number of rotatable bonds is 7. The molecule has 1 saturated heterocycles. The van der Waals surface area contributed by atoms with Gasteiger partial charge < -0.3 is 10.6 Å². The van der Waals surface area contributed by atoms with Crippen LogP contribution in [-0.2, 0) is 11.2 Å². The van der Waals surface area contributed by atoms with Gasteiger partial charge in [-0.25, -0.2) is 4.79 Å². The van der Waals surface area contributed by atoms with Gasteiger partial charge in [-0.05, 0) is 24.8 Å². The predicted octanol–water partition coefficient (Wildman–Crippen LogP) is 2.09. The van der Waals surface area contributed by atoms with E-state index in [1.165, 1.54) is 16.0 Å². The number of urea groups is 1. The Balaban J connectivity index is 2.07. The Morgan fingerprint density at radius 3 is 2.28 bits per heavy atom. The van der Waals surface area contributed by atoms with Gasteiger partial charge in [0.2, 0.25) is 0 Å². The van der Waals surface area contributed by atoms with Crippen LogP contribution in [0, 0.1) is 11.8 Å². The van der Waals surface area contributed by atoms with Crippen LogP contribution in [0.15, 0.2) is 24.3 Å². The fourth-order valence-corrected chi connectivity index (χ4v) is 3.39. The number of carbonyl (C=O) groups is 2. The minimum Gasteiger partial charge on any atom is -0.336 e. The van der Waals surface area contributed by atoms with E-state index in [2.05, 4.69) is 62.6 Å². The van der Waals surface area contributed by atoms with Crippen LogP contribution in [0.3, 0.4) is 0 Å². The lowest BCUT2D eigenvalue weighted by atomic mass is 9.93. The molecule has 1 aliphatic rings. The summed E-state index contributed by atoms with van der Waals surface area (Å²) >= 11 is 0. The van der Waals surface area contributed by atoms with Crippen LogP contribution in [0.25, 0.3) is 0 Å². The molecule has 2 rings (SSSR count). The molecular formula is C20H32N3O2+. The SMILES string of the molecule is CC(C)Cc1ccc([C@@H]([NH2+][C@H](C)C(=O)N2CCNC2=O)C(C)C)cc1. The van der Waals surface area contributed by atoms with E-state index in [1.807, 2.05) is 6.92 Å². The van der Waals surface area contributed by atoms with Crippen LogP contribution in [-0.4, -0.2) is 36.0 Å². The molecule has 0 spiro atoms. The summed E-state index contributed by atoms with van der Waals surface area (Å²) in [6.07, 6.45) is 1.08. The maximum Gasteiger partial charge on any atom is 0.324 e. The van der Waals surface area contributed by atoms with E-state index in [0.29, 0.717) is 24.9 Å². The highest BCUT2D eigenvalue weighted by Crippen LogP contribution is 2.19. The summed E-state index contributed by atoms with van der Waals surface area (Å²) in [5.74, 6) is 0.915. The Kier molecular flexibility index (Phi) is 6.59. The molecule has 1 aromatic rings. The van der Waals surface area contributed by atoms with Crippen molar-refractivity contribution < 1.29 is 14.9 Å². The smallest absolute Gasteiger partial charge is 0.324 e. The highest BCUT2D eigenvalue weighted by atomic mass is 16.2. The first-order valence-electron chi connectivity index (χ1n) is 9.32. The van der Waals surface area contributed by atoms with Gasteiger partial charge in [0, 0.05) is 24.6 Å². The third-order valence-corrected chi connectivity index (χ3v) is 4.74. The zero-order valence-corrected chi connectivity index (χ0v) is 16.1. The van der Waals surface area contributed by atoms with E-state index in [-0.39, 0.29) is 24.0 Å². The Labute approximate surface area is 151 Å². The van der Waals surface area contributed by atoms with Crippen molar-refractivity contribution in [3.05, 3.63) is 35.4 Å². The number of nitrogens with zero attached hydrogens (tertiary/aromatic N) is 1. The molecule has 0 saturated carbocycles. The summed E-state index contributed by atoms with van der Waals surface area (Å²) in [5.41, 5.74) is 2.58. The van der Waals surface area contributed by atoms with Gasteiger partial charge in [-0.15, -0.1) is 0 Å². The van der Waals surface area contributed by atoms with E-state index < -0.39 is 0 Å². The average Bonchev–Trinajstić information content (AvgIpc) is 2.97. The van der Waals surface area contributed by atoms with E-state index >= 15 is 0 Å². The Hall–Kier alpha value is -1.88. The van der Waals surface area contributed by atoms with Crippen molar-refractivity contribution >= 4 is 11.9 Å². The fourth-order valence-electron chi connectivity index (χ4n) is 3.39. The summed E-state index contributed by atoms with van der Waals surface area (Å²) in [4.78, 5) is 25.6. The number of imide groups is 1. The maximum atomic E-state index is 12.6. The summed E-state index contributed by atoms with van der Waals surface area (Å²) in [7, 11) is 0. The normalized spacial score (nSPS) is 17.1. The molecule has 2 atom stereocenters. The average molecular weight is 346 g/mol. The van der Waals surface area contributed by atoms with Crippen LogP contribution in [0.5, 0.6) is 0 Å². The van der Waals surface area contributed by atoms with Crippen molar-refractivity contribution in [1.29, 1.82) is 0 Å². The number of carbonyl (C=O) groups excluding carboxylic acids is 2. The van der Waals surface area contributed by atoms with Crippen LogP contribution in [0.1, 0.15) is 51.8 Å². The lowest BCUT2D eigenvalue weighted by Gasteiger charge is -2.25. The van der Waals surface area contributed by atoms with Gasteiger partial charge in [0.05, 0.1) is 0 Å². The predicted molar refractivity (Wildman–Crippen MR) is 99.1 cm³/mol. The molecule has 25 heavy (non-hydrogen) atoms. The van der Waals surface area contributed by atoms with Crippen molar-refractivity contribution in [1.82, 2.24) is 10.2 Å². The third-order valence-electron chi connectivity index (χ3n) is 4.74. The Morgan fingerprint density at radius 1 is 1.16 bits per heavy atom. The molecule has 3 N–H and O–H groups in total. The number of quaternary nitrogens is 1. The highest BCUT2D eigenvalue weighted by molar-refractivity contribution is 5.97. The van der Waals surface area contributed by atoms with Gasteiger partial charge in [0.25, 0.3) is 5.91 Å². The van der Waals surface area contributed by atoms with E-state index in [1.54, 1.807) is 0 Å². The molecule has 3 amide bonds. The van der Waals surface area contributed by atoms with Crippen LogP contribution >= 0.6 is 0 Å². The second kappa shape index (κ2) is 8.48. The lowest BCUT2D eigenvalue weighted by Crippen LogP contribution is -2.93. The standard InChI is InChI=1S/C20H31N3O2/c1-13(2)12-16-6-8-17(9-7-16)18(14(3)4)22-15(5)19(24)23-11-10-21-20(23)25/h6-9,13-15,18,22H,10-12H2,1-5H3,(H,21,25)/p+1/t15-,18+/m1/s1. The van der Waals surface area contributed by atoms with Gasteiger partial charge >= 0.3 is 6.03 Å². The number of hydrogen-bond acceptors (Lipinski definition) is 2. The molecule has 1 aromatic carbocycles. The van der Waals surface area contributed by atoms with E-state index in [4.69, 9.17) is 0 Å². The number of hydrogen-bond donors (Lipinski definition) is 2. The summed E-state index contributed by atoms with van der Waals surface area (Å²) in [5, 5.41) is 4.78. The molecule has 1 heterocycles. The minimum absolute atomic E-state index is 0.114. The fraction of sp³-hybridized carbons (Fsp3) is 0.600. The molecule has 0 radical (unpaired) electrons. The second-order valence-corrected chi connectivity index (χ2v) is 7.81. The molecule has 1 aliphatic heterocycles. The zero-order chi connectivity index (χ0) is 18.6. The molecule has 138 valence electrons. The van der Waals surface area contributed by atoms with Crippen molar-refractivity contribution in [2.45, 2.75) is 53.1 Å². The van der Waals surface area contributed by atoms with Crippen LogP contribution in [0.2, 0.25) is 0 Å². The first kappa shape index (κ1) is 19.4. The lowest BCUT2D eigenvalue weighted by molar-refractivity contribution is -0.719. The molecule has 5 nitrogen and oxygen atoms in total. The highest BCUT2D eigenvalue weighted by Gasteiger charge is 2.33. The number of amides is 3. The van der Waals surface area contributed by atoms with Crippen molar-refractivity contribution in [2.24, 2.45) is 11.8 Å². The van der Waals surface area contributed by atoms with Gasteiger partial charge in [-0.1, -0.05) is 52.0 Å². The molecular weight excluding hydrogens is 314 g/mol. The molecule has 1 fully saturated rings. The van der Waals surface area contributed by atoms with Gasteiger partial charge in [-0.2, -0.15) is 0 Å². The monoisotopic (exact) mass is 346 g/mol. The summed E-state index contributed by atoms with van der Waals surface area (Å²) < 4.78 is 0. The van der Waals surface area contributed by atoms with Crippen molar-refractivity contribution in [2.75, 3.05) is 13.1 Å². The van der Waals surface area contributed by atoms with E-state index in [0.717, 1.165) is 6.42 Å². The number of benzene rings is 1. The molecule has 0 unspecified atom stereocenters. The maximum absolute atomic E-state index is 12.6. The zero-order valence-electron chi connectivity index (χ0n) is 16.1. The number of nitrogens with one attached hydrogen (secondary N) is 1. The molecule has 0 aliphatic carbocycles. The third kappa shape index (κ3) is 5.05.